The monoisotopic (exact) mass is 350 g/mol. The molecule has 6 nitrogen and oxygen atoms in total. The zero-order valence-corrected chi connectivity index (χ0v) is 15.4. The van der Waals surface area contributed by atoms with Crippen LogP contribution in [0, 0.1) is 5.92 Å². The summed E-state index contributed by atoms with van der Waals surface area (Å²) in [6.07, 6.45) is -0.314. The molecule has 2 unspecified atom stereocenters. The second-order valence-corrected chi connectivity index (χ2v) is 6.69. The molecule has 0 bridgehead atoms. The molecule has 0 aliphatic carbocycles. The third kappa shape index (κ3) is 6.65. The van der Waals surface area contributed by atoms with Gasteiger partial charge in [-0.25, -0.2) is 4.79 Å². The highest BCUT2D eigenvalue weighted by Crippen LogP contribution is 2.10. The number of nitrogens with one attached hydrogen (secondary N) is 1. The van der Waals surface area contributed by atoms with E-state index < -0.39 is 0 Å². The molecule has 2 rings (SSSR count). The van der Waals surface area contributed by atoms with E-state index in [9.17, 15) is 4.79 Å². The number of benzene rings is 1. The SMILES string of the molecule is COCC(NCC1CN(C(=O)OCc2ccccc2)CCO1)C(C)C. The molecule has 1 saturated heterocycles. The van der Waals surface area contributed by atoms with E-state index in [0.717, 1.165) is 5.56 Å². The summed E-state index contributed by atoms with van der Waals surface area (Å²) in [5.74, 6) is 0.468. The second kappa shape index (κ2) is 10.4. The minimum Gasteiger partial charge on any atom is -0.445 e. The Labute approximate surface area is 150 Å². The van der Waals surface area contributed by atoms with E-state index >= 15 is 0 Å². The van der Waals surface area contributed by atoms with Crippen molar-refractivity contribution in [1.82, 2.24) is 10.2 Å². The molecule has 1 amide bonds. The second-order valence-electron chi connectivity index (χ2n) is 6.69. The maximum atomic E-state index is 12.3. The number of methoxy groups -OCH3 is 1. The Kier molecular flexibility index (Phi) is 8.18. The van der Waals surface area contributed by atoms with Gasteiger partial charge in [0, 0.05) is 26.2 Å². The molecule has 0 spiro atoms. The van der Waals surface area contributed by atoms with Crippen molar-refractivity contribution in [2.24, 2.45) is 5.92 Å². The highest BCUT2D eigenvalue weighted by molar-refractivity contribution is 5.67. The Morgan fingerprint density at radius 3 is 2.80 bits per heavy atom. The predicted octanol–water partition coefficient (Wildman–Crippen LogP) is 2.28. The molecule has 1 fully saturated rings. The van der Waals surface area contributed by atoms with Crippen molar-refractivity contribution in [3.05, 3.63) is 35.9 Å². The average Bonchev–Trinajstić information content (AvgIpc) is 2.64. The first-order valence-electron chi connectivity index (χ1n) is 8.89. The summed E-state index contributed by atoms with van der Waals surface area (Å²) in [5.41, 5.74) is 0.988. The third-order valence-electron chi connectivity index (χ3n) is 4.36. The molecule has 25 heavy (non-hydrogen) atoms. The van der Waals surface area contributed by atoms with Crippen LogP contribution < -0.4 is 5.32 Å². The van der Waals surface area contributed by atoms with Gasteiger partial charge in [0.15, 0.2) is 0 Å². The van der Waals surface area contributed by atoms with E-state index in [-0.39, 0.29) is 18.2 Å². The summed E-state index contributed by atoms with van der Waals surface area (Å²) in [6.45, 7) is 7.60. The van der Waals surface area contributed by atoms with Gasteiger partial charge in [-0.05, 0) is 11.5 Å². The van der Waals surface area contributed by atoms with Crippen LogP contribution in [0.4, 0.5) is 4.79 Å². The molecule has 2 atom stereocenters. The largest absolute Gasteiger partial charge is 0.445 e. The molecule has 6 heteroatoms. The van der Waals surface area contributed by atoms with Crippen molar-refractivity contribution in [3.63, 3.8) is 0 Å². The smallest absolute Gasteiger partial charge is 0.410 e. The fourth-order valence-electron chi connectivity index (χ4n) is 2.77. The van der Waals surface area contributed by atoms with Crippen LogP contribution in [0.1, 0.15) is 19.4 Å². The van der Waals surface area contributed by atoms with Gasteiger partial charge in [0.25, 0.3) is 0 Å². The van der Waals surface area contributed by atoms with Crippen LogP contribution in [0.15, 0.2) is 30.3 Å². The molecule has 1 N–H and O–H groups in total. The van der Waals surface area contributed by atoms with Gasteiger partial charge in [0.2, 0.25) is 0 Å². The van der Waals surface area contributed by atoms with E-state index in [1.54, 1.807) is 12.0 Å². The van der Waals surface area contributed by atoms with Crippen LogP contribution in [0.5, 0.6) is 0 Å². The highest BCUT2D eigenvalue weighted by Gasteiger charge is 2.26. The molecule has 1 heterocycles. The molecular formula is C19H30N2O4. The lowest BCUT2D eigenvalue weighted by atomic mass is 10.1. The van der Waals surface area contributed by atoms with Gasteiger partial charge in [-0.2, -0.15) is 0 Å². The number of rotatable bonds is 8. The lowest BCUT2D eigenvalue weighted by molar-refractivity contribution is -0.0295. The molecule has 0 aromatic heterocycles. The number of amides is 1. The minimum atomic E-state index is -0.283. The Balaban J connectivity index is 1.76. The van der Waals surface area contributed by atoms with Gasteiger partial charge in [0.05, 0.1) is 25.9 Å². The molecule has 1 aliphatic rings. The van der Waals surface area contributed by atoms with Crippen LogP contribution in [-0.2, 0) is 20.8 Å². The lowest BCUT2D eigenvalue weighted by Gasteiger charge is -2.33. The van der Waals surface area contributed by atoms with Crippen LogP contribution in [0.25, 0.3) is 0 Å². The van der Waals surface area contributed by atoms with Crippen LogP contribution in [0.3, 0.4) is 0 Å². The average molecular weight is 350 g/mol. The normalized spacial score (nSPS) is 19.0. The quantitative estimate of drug-likeness (QED) is 0.779. The van der Waals surface area contributed by atoms with Crippen molar-refractivity contribution in [3.8, 4) is 0 Å². The predicted molar refractivity (Wildman–Crippen MR) is 96.4 cm³/mol. The van der Waals surface area contributed by atoms with Crippen molar-refractivity contribution < 1.29 is 19.0 Å². The van der Waals surface area contributed by atoms with E-state index in [2.05, 4.69) is 19.2 Å². The van der Waals surface area contributed by atoms with E-state index in [0.29, 0.717) is 45.4 Å². The topological polar surface area (TPSA) is 60.0 Å². The minimum absolute atomic E-state index is 0.0314. The van der Waals surface area contributed by atoms with E-state index in [4.69, 9.17) is 14.2 Å². The third-order valence-corrected chi connectivity index (χ3v) is 4.36. The standard InChI is InChI=1S/C19H30N2O4/c1-15(2)18(14-23-3)20-11-17-12-21(9-10-24-17)19(22)25-13-16-7-5-4-6-8-16/h4-8,15,17-18,20H,9-14H2,1-3H3. The molecule has 1 aromatic carbocycles. The van der Waals surface area contributed by atoms with Crippen molar-refractivity contribution in [2.45, 2.75) is 32.6 Å². The Morgan fingerprint density at radius 1 is 1.36 bits per heavy atom. The number of morpholine rings is 1. The summed E-state index contributed by atoms with van der Waals surface area (Å²) in [6, 6.07) is 9.98. The Morgan fingerprint density at radius 2 is 2.12 bits per heavy atom. The number of carbonyl (C=O) groups is 1. The summed E-state index contributed by atoms with van der Waals surface area (Å²) in [5, 5.41) is 3.48. The van der Waals surface area contributed by atoms with Crippen molar-refractivity contribution in [2.75, 3.05) is 40.0 Å². The van der Waals surface area contributed by atoms with Gasteiger partial charge in [-0.1, -0.05) is 44.2 Å². The zero-order valence-electron chi connectivity index (χ0n) is 15.4. The summed E-state index contributed by atoms with van der Waals surface area (Å²) >= 11 is 0. The first-order valence-corrected chi connectivity index (χ1v) is 8.89. The van der Waals surface area contributed by atoms with E-state index in [1.165, 1.54) is 0 Å². The van der Waals surface area contributed by atoms with Crippen molar-refractivity contribution in [1.29, 1.82) is 0 Å². The lowest BCUT2D eigenvalue weighted by Crippen LogP contribution is -2.51. The number of ether oxygens (including phenoxy) is 3. The Bertz CT molecular complexity index is 509. The number of hydrogen-bond acceptors (Lipinski definition) is 5. The number of hydrogen-bond donors (Lipinski definition) is 1. The van der Waals surface area contributed by atoms with Crippen molar-refractivity contribution >= 4 is 6.09 Å². The molecule has 0 saturated carbocycles. The number of nitrogens with zero attached hydrogens (tertiary/aromatic N) is 1. The summed E-state index contributed by atoms with van der Waals surface area (Å²) in [7, 11) is 1.71. The van der Waals surface area contributed by atoms with Crippen LogP contribution in [-0.4, -0.2) is 63.1 Å². The summed E-state index contributed by atoms with van der Waals surface area (Å²) in [4.78, 5) is 14.0. The maximum absolute atomic E-state index is 12.3. The van der Waals surface area contributed by atoms with Gasteiger partial charge in [-0.15, -0.1) is 0 Å². The first-order chi connectivity index (χ1) is 12.1. The summed E-state index contributed by atoms with van der Waals surface area (Å²) < 4.78 is 16.4. The van der Waals surface area contributed by atoms with Gasteiger partial charge in [-0.3, -0.25) is 0 Å². The van der Waals surface area contributed by atoms with Gasteiger partial charge >= 0.3 is 6.09 Å². The fourth-order valence-corrected chi connectivity index (χ4v) is 2.77. The van der Waals surface area contributed by atoms with Crippen LogP contribution in [0.2, 0.25) is 0 Å². The molecular weight excluding hydrogens is 320 g/mol. The number of carbonyl (C=O) groups excluding carboxylic acids is 1. The Hall–Kier alpha value is -1.63. The highest BCUT2D eigenvalue weighted by atomic mass is 16.6. The fraction of sp³-hybridized carbons (Fsp3) is 0.632. The molecule has 1 aromatic rings. The first kappa shape index (κ1) is 19.7. The van der Waals surface area contributed by atoms with Gasteiger partial charge < -0.3 is 24.4 Å². The molecule has 0 radical (unpaired) electrons. The van der Waals surface area contributed by atoms with Crippen LogP contribution >= 0.6 is 0 Å². The molecule has 140 valence electrons. The van der Waals surface area contributed by atoms with E-state index in [1.807, 2.05) is 30.3 Å². The molecule has 1 aliphatic heterocycles. The zero-order chi connectivity index (χ0) is 18.1. The maximum Gasteiger partial charge on any atom is 0.410 e. The van der Waals surface area contributed by atoms with Gasteiger partial charge in [0.1, 0.15) is 6.61 Å².